The maximum Gasteiger partial charge on any atom is 0.337 e. The second-order valence-corrected chi connectivity index (χ2v) is 5.02. The lowest BCUT2D eigenvalue weighted by molar-refractivity contribution is 0.0697. The first-order valence-electron chi connectivity index (χ1n) is 7.07. The number of anilines is 1. The summed E-state index contributed by atoms with van der Waals surface area (Å²) in [6, 6.07) is 2.88. The highest BCUT2D eigenvalue weighted by Gasteiger charge is 2.16. The molecule has 1 aromatic carbocycles. The van der Waals surface area contributed by atoms with E-state index in [1.807, 2.05) is 0 Å². The molecule has 6 heteroatoms. The summed E-state index contributed by atoms with van der Waals surface area (Å²) >= 11 is 0. The standard InChI is InChI=1S/C15H21NO5/c1-19-13-9-12(16)11(15(17)18)8-14(13)21-7-3-5-10-4-2-6-20-10/h8-10H,2-7,16H2,1H3,(H,17,18). The molecule has 116 valence electrons. The third-order valence-corrected chi connectivity index (χ3v) is 3.52. The van der Waals surface area contributed by atoms with Gasteiger partial charge in [0.15, 0.2) is 11.5 Å². The third-order valence-electron chi connectivity index (χ3n) is 3.52. The minimum absolute atomic E-state index is 0.0185. The normalized spacial score (nSPS) is 17.7. The maximum absolute atomic E-state index is 11.1. The Morgan fingerprint density at radius 2 is 2.29 bits per heavy atom. The van der Waals surface area contributed by atoms with Crippen LogP contribution in [0.1, 0.15) is 36.0 Å². The number of carboxylic acid groups (broad SMARTS) is 1. The van der Waals surface area contributed by atoms with E-state index in [9.17, 15) is 4.79 Å². The summed E-state index contributed by atoms with van der Waals surface area (Å²) in [4.78, 5) is 11.1. The van der Waals surface area contributed by atoms with Crippen LogP contribution in [-0.4, -0.2) is 37.5 Å². The quantitative estimate of drug-likeness (QED) is 0.592. The zero-order valence-corrected chi connectivity index (χ0v) is 12.1. The molecule has 3 N–H and O–H groups in total. The third kappa shape index (κ3) is 4.01. The number of aromatic carboxylic acids is 1. The molecule has 0 radical (unpaired) electrons. The molecule has 0 amide bonds. The molecule has 0 spiro atoms. The molecule has 6 nitrogen and oxygen atoms in total. The zero-order chi connectivity index (χ0) is 15.2. The van der Waals surface area contributed by atoms with Crippen molar-refractivity contribution in [2.45, 2.75) is 31.8 Å². The largest absolute Gasteiger partial charge is 0.493 e. The van der Waals surface area contributed by atoms with Crippen LogP contribution in [0.25, 0.3) is 0 Å². The van der Waals surface area contributed by atoms with Gasteiger partial charge in [0.05, 0.1) is 31.1 Å². The number of hydrogen-bond acceptors (Lipinski definition) is 5. The van der Waals surface area contributed by atoms with E-state index in [0.29, 0.717) is 24.2 Å². The highest BCUT2D eigenvalue weighted by Crippen LogP contribution is 2.32. The Morgan fingerprint density at radius 1 is 1.48 bits per heavy atom. The molecule has 1 unspecified atom stereocenters. The summed E-state index contributed by atoms with van der Waals surface area (Å²) in [7, 11) is 1.49. The van der Waals surface area contributed by atoms with Crippen molar-refractivity contribution in [3.8, 4) is 11.5 Å². The number of ether oxygens (including phenoxy) is 3. The first kappa shape index (κ1) is 15.4. The SMILES string of the molecule is COc1cc(N)c(C(=O)O)cc1OCCCC1CCCO1. The van der Waals surface area contributed by atoms with Gasteiger partial charge in [-0.05, 0) is 25.7 Å². The molecule has 1 atom stereocenters. The second-order valence-electron chi connectivity index (χ2n) is 5.02. The molecular weight excluding hydrogens is 274 g/mol. The summed E-state index contributed by atoms with van der Waals surface area (Å²) in [5.41, 5.74) is 5.85. The smallest absolute Gasteiger partial charge is 0.337 e. The van der Waals surface area contributed by atoms with E-state index in [0.717, 1.165) is 32.3 Å². The number of benzene rings is 1. The van der Waals surface area contributed by atoms with Gasteiger partial charge in [0.25, 0.3) is 0 Å². The average Bonchev–Trinajstić information content (AvgIpc) is 2.97. The first-order chi connectivity index (χ1) is 10.1. The summed E-state index contributed by atoms with van der Waals surface area (Å²) in [6.45, 7) is 1.33. The predicted molar refractivity (Wildman–Crippen MR) is 78.1 cm³/mol. The van der Waals surface area contributed by atoms with Crippen molar-refractivity contribution in [1.82, 2.24) is 0 Å². The molecule has 1 aliphatic rings. The van der Waals surface area contributed by atoms with Gasteiger partial charge < -0.3 is 25.1 Å². The number of carbonyl (C=O) groups is 1. The van der Waals surface area contributed by atoms with Gasteiger partial charge in [-0.1, -0.05) is 0 Å². The van der Waals surface area contributed by atoms with Crippen LogP contribution in [0.3, 0.4) is 0 Å². The molecule has 2 rings (SSSR count). The first-order valence-corrected chi connectivity index (χ1v) is 7.07. The van der Waals surface area contributed by atoms with Gasteiger partial charge in [-0.2, -0.15) is 0 Å². The van der Waals surface area contributed by atoms with Gasteiger partial charge in [-0.3, -0.25) is 0 Å². The van der Waals surface area contributed by atoms with Gasteiger partial charge in [-0.25, -0.2) is 4.79 Å². The molecule has 0 aliphatic carbocycles. The summed E-state index contributed by atoms with van der Waals surface area (Å²) in [5, 5.41) is 9.08. The van der Waals surface area contributed by atoms with Crippen LogP contribution in [0.15, 0.2) is 12.1 Å². The number of hydrogen-bond donors (Lipinski definition) is 2. The molecule has 1 aliphatic heterocycles. The maximum atomic E-state index is 11.1. The molecule has 0 bridgehead atoms. The Bertz CT molecular complexity index is 497. The number of carboxylic acids is 1. The van der Waals surface area contributed by atoms with Crippen molar-refractivity contribution in [2.24, 2.45) is 0 Å². The summed E-state index contributed by atoms with van der Waals surface area (Å²) in [5.74, 6) is -0.245. The minimum atomic E-state index is -1.08. The lowest BCUT2D eigenvalue weighted by Gasteiger charge is -2.14. The van der Waals surface area contributed by atoms with E-state index >= 15 is 0 Å². The highest BCUT2D eigenvalue weighted by molar-refractivity contribution is 5.94. The topological polar surface area (TPSA) is 91.0 Å². The van der Waals surface area contributed by atoms with Crippen molar-refractivity contribution < 1.29 is 24.1 Å². The molecule has 0 saturated carbocycles. The molecule has 1 saturated heterocycles. The van der Waals surface area contributed by atoms with Gasteiger partial charge in [-0.15, -0.1) is 0 Å². The van der Waals surface area contributed by atoms with Crippen molar-refractivity contribution in [3.05, 3.63) is 17.7 Å². The summed E-state index contributed by atoms with van der Waals surface area (Å²) in [6.07, 6.45) is 4.36. The van der Waals surface area contributed by atoms with Crippen LogP contribution >= 0.6 is 0 Å². The van der Waals surface area contributed by atoms with Crippen LogP contribution in [0.2, 0.25) is 0 Å². The number of methoxy groups -OCH3 is 1. The summed E-state index contributed by atoms with van der Waals surface area (Å²) < 4.78 is 16.3. The fraction of sp³-hybridized carbons (Fsp3) is 0.533. The fourth-order valence-electron chi connectivity index (χ4n) is 2.40. The van der Waals surface area contributed by atoms with Crippen LogP contribution in [0.4, 0.5) is 5.69 Å². The van der Waals surface area contributed by atoms with Crippen LogP contribution in [-0.2, 0) is 4.74 Å². The number of nitrogen functional groups attached to an aromatic ring is 1. The Hall–Kier alpha value is -1.95. The molecule has 1 fully saturated rings. The van der Waals surface area contributed by atoms with E-state index in [4.69, 9.17) is 25.1 Å². The highest BCUT2D eigenvalue weighted by atomic mass is 16.5. The van der Waals surface area contributed by atoms with Gasteiger partial charge in [0, 0.05) is 18.7 Å². The fourth-order valence-corrected chi connectivity index (χ4v) is 2.40. The number of rotatable bonds is 7. The van der Waals surface area contributed by atoms with E-state index in [2.05, 4.69) is 0 Å². The van der Waals surface area contributed by atoms with Crippen molar-refractivity contribution in [2.75, 3.05) is 26.1 Å². The number of nitrogens with two attached hydrogens (primary N) is 1. The van der Waals surface area contributed by atoms with Crippen LogP contribution in [0.5, 0.6) is 11.5 Å². The monoisotopic (exact) mass is 295 g/mol. The van der Waals surface area contributed by atoms with Crippen molar-refractivity contribution >= 4 is 11.7 Å². The van der Waals surface area contributed by atoms with Crippen LogP contribution < -0.4 is 15.2 Å². The lowest BCUT2D eigenvalue weighted by atomic mass is 10.1. The van der Waals surface area contributed by atoms with E-state index in [1.165, 1.54) is 19.2 Å². The molecular formula is C15H21NO5. The predicted octanol–water partition coefficient (Wildman–Crippen LogP) is 2.31. The van der Waals surface area contributed by atoms with E-state index in [-0.39, 0.29) is 11.3 Å². The molecule has 1 heterocycles. The van der Waals surface area contributed by atoms with Crippen molar-refractivity contribution in [1.29, 1.82) is 0 Å². The van der Waals surface area contributed by atoms with Gasteiger partial charge in [0.1, 0.15) is 0 Å². The molecule has 0 aromatic heterocycles. The Labute approximate surface area is 123 Å². The Balaban J connectivity index is 1.94. The van der Waals surface area contributed by atoms with Gasteiger partial charge >= 0.3 is 5.97 Å². The molecule has 1 aromatic rings. The minimum Gasteiger partial charge on any atom is -0.493 e. The van der Waals surface area contributed by atoms with Crippen LogP contribution in [0, 0.1) is 0 Å². The van der Waals surface area contributed by atoms with Crippen molar-refractivity contribution in [3.63, 3.8) is 0 Å². The Kier molecular flexibility index (Phi) is 5.27. The zero-order valence-electron chi connectivity index (χ0n) is 12.1. The average molecular weight is 295 g/mol. The van der Waals surface area contributed by atoms with E-state index < -0.39 is 5.97 Å². The Morgan fingerprint density at radius 3 is 2.90 bits per heavy atom. The van der Waals surface area contributed by atoms with E-state index in [1.54, 1.807) is 0 Å². The lowest BCUT2D eigenvalue weighted by Crippen LogP contribution is -2.09. The second kappa shape index (κ2) is 7.17. The van der Waals surface area contributed by atoms with Gasteiger partial charge in [0.2, 0.25) is 0 Å². The molecule has 21 heavy (non-hydrogen) atoms.